The molecule has 1 saturated heterocycles. The molecule has 0 spiro atoms. The van der Waals surface area contributed by atoms with E-state index in [0.29, 0.717) is 5.56 Å². The Labute approximate surface area is 93.9 Å². The standard InChI is InChI=1S/C12H13NOS/c1-9-7-15-8-12(9,14)11-4-2-3-10(5-11)6-13/h2-5,9,14H,7-8H2,1H3. The molecule has 2 atom stereocenters. The number of nitriles is 1. The van der Waals surface area contributed by atoms with Gasteiger partial charge in [0.1, 0.15) is 5.60 Å². The normalized spacial score (nSPS) is 30.1. The zero-order valence-electron chi connectivity index (χ0n) is 8.60. The van der Waals surface area contributed by atoms with Crippen LogP contribution < -0.4 is 0 Å². The van der Waals surface area contributed by atoms with E-state index in [0.717, 1.165) is 17.1 Å². The van der Waals surface area contributed by atoms with Gasteiger partial charge in [-0.2, -0.15) is 17.0 Å². The van der Waals surface area contributed by atoms with Gasteiger partial charge in [0.2, 0.25) is 0 Å². The fourth-order valence-electron chi connectivity index (χ4n) is 1.90. The lowest BCUT2D eigenvalue weighted by Crippen LogP contribution is -2.32. The second kappa shape index (κ2) is 3.88. The van der Waals surface area contributed by atoms with E-state index in [1.807, 2.05) is 12.1 Å². The van der Waals surface area contributed by atoms with Crippen molar-refractivity contribution in [2.45, 2.75) is 12.5 Å². The summed E-state index contributed by atoms with van der Waals surface area (Å²) in [5.74, 6) is 1.95. The summed E-state index contributed by atoms with van der Waals surface area (Å²) in [4.78, 5) is 0. The van der Waals surface area contributed by atoms with E-state index in [2.05, 4.69) is 13.0 Å². The molecule has 0 aromatic heterocycles. The number of benzene rings is 1. The number of hydrogen-bond donors (Lipinski definition) is 1. The summed E-state index contributed by atoms with van der Waals surface area (Å²) in [5.41, 5.74) is 0.737. The Morgan fingerprint density at radius 1 is 1.60 bits per heavy atom. The minimum atomic E-state index is -0.752. The molecule has 1 aliphatic rings. The predicted octanol–water partition coefficient (Wildman–Crippen LogP) is 2.13. The first kappa shape index (κ1) is 10.5. The van der Waals surface area contributed by atoms with Gasteiger partial charge in [0.15, 0.2) is 0 Å². The van der Waals surface area contributed by atoms with Gasteiger partial charge in [0, 0.05) is 5.75 Å². The summed E-state index contributed by atoms with van der Waals surface area (Å²) in [7, 11) is 0. The number of aliphatic hydroxyl groups is 1. The van der Waals surface area contributed by atoms with E-state index >= 15 is 0 Å². The van der Waals surface area contributed by atoms with Crippen LogP contribution in [0.25, 0.3) is 0 Å². The van der Waals surface area contributed by atoms with Crippen molar-refractivity contribution in [2.24, 2.45) is 5.92 Å². The topological polar surface area (TPSA) is 44.0 Å². The number of thioether (sulfide) groups is 1. The minimum absolute atomic E-state index is 0.247. The van der Waals surface area contributed by atoms with Crippen LogP contribution in [0, 0.1) is 17.2 Å². The maximum absolute atomic E-state index is 10.5. The second-order valence-corrected chi connectivity index (χ2v) is 5.06. The molecule has 0 aliphatic carbocycles. The molecule has 3 heteroatoms. The minimum Gasteiger partial charge on any atom is -0.384 e. The highest BCUT2D eigenvalue weighted by atomic mass is 32.2. The monoisotopic (exact) mass is 219 g/mol. The fraction of sp³-hybridized carbons (Fsp3) is 0.417. The van der Waals surface area contributed by atoms with E-state index in [9.17, 15) is 5.11 Å². The predicted molar refractivity (Wildman–Crippen MR) is 61.5 cm³/mol. The Hall–Kier alpha value is -0.980. The number of hydrogen-bond acceptors (Lipinski definition) is 3. The molecular formula is C12H13NOS. The smallest absolute Gasteiger partial charge is 0.102 e. The van der Waals surface area contributed by atoms with Crippen LogP contribution in [0.2, 0.25) is 0 Å². The highest BCUT2D eigenvalue weighted by molar-refractivity contribution is 7.99. The van der Waals surface area contributed by atoms with Crippen LogP contribution in [0.1, 0.15) is 18.1 Å². The maximum atomic E-state index is 10.5. The molecule has 1 fully saturated rings. The molecule has 1 N–H and O–H groups in total. The average molecular weight is 219 g/mol. The molecular weight excluding hydrogens is 206 g/mol. The molecule has 2 nitrogen and oxygen atoms in total. The average Bonchev–Trinajstić information content (AvgIpc) is 2.61. The molecule has 0 saturated carbocycles. The summed E-state index contributed by atoms with van der Waals surface area (Å²) >= 11 is 1.76. The van der Waals surface area contributed by atoms with Crippen molar-refractivity contribution in [1.82, 2.24) is 0 Å². The van der Waals surface area contributed by atoms with E-state index in [1.54, 1.807) is 23.9 Å². The molecule has 15 heavy (non-hydrogen) atoms. The van der Waals surface area contributed by atoms with Crippen LogP contribution in [-0.4, -0.2) is 16.6 Å². The summed E-state index contributed by atoms with van der Waals surface area (Å²) in [5, 5.41) is 19.3. The van der Waals surface area contributed by atoms with Gasteiger partial charge in [-0.1, -0.05) is 19.1 Å². The van der Waals surface area contributed by atoms with Crippen LogP contribution in [0.3, 0.4) is 0 Å². The van der Waals surface area contributed by atoms with Gasteiger partial charge in [-0.25, -0.2) is 0 Å². The van der Waals surface area contributed by atoms with Crippen molar-refractivity contribution < 1.29 is 5.11 Å². The molecule has 1 aliphatic heterocycles. The molecule has 1 aromatic rings. The molecule has 0 radical (unpaired) electrons. The van der Waals surface area contributed by atoms with Crippen molar-refractivity contribution in [1.29, 1.82) is 5.26 Å². The van der Waals surface area contributed by atoms with E-state index in [1.165, 1.54) is 0 Å². The maximum Gasteiger partial charge on any atom is 0.102 e. The van der Waals surface area contributed by atoms with Gasteiger partial charge in [0.25, 0.3) is 0 Å². The van der Waals surface area contributed by atoms with Gasteiger partial charge >= 0.3 is 0 Å². The van der Waals surface area contributed by atoms with Crippen LogP contribution in [0.5, 0.6) is 0 Å². The van der Waals surface area contributed by atoms with Crippen LogP contribution >= 0.6 is 11.8 Å². The summed E-state index contributed by atoms with van der Waals surface area (Å²) in [6.45, 7) is 2.05. The quantitative estimate of drug-likeness (QED) is 0.787. The highest BCUT2D eigenvalue weighted by Crippen LogP contribution is 2.41. The summed E-state index contributed by atoms with van der Waals surface area (Å²) < 4.78 is 0. The zero-order chi connectivity index (χ0) is 10.9. The molecule has 1 aromatic carbocycles. The Morgan fingerprint density at radius 3 is 3.00 bits per heavy atom. The zero-order valence-corrected chi connectivity index (χ0v) is 9.42. The van der Waals surface area contributed by atoms with Crippen molar-refractivity contribution in [2.75, 3.05) is 11.5 Å². The van der Waals surface area contributed by atoms with Gasteiger partial charge < -0.3 is 5.11 Å². The molecule has 2 rings (SSSR count). The van der Waals surface area contributed by atoms with Crippen LogP contribution in [0.15, 0.2) is 24.3 Å². The van der Waals surface area contributed by atoms with Gasteiger partial charge in [-0.05, 0) is 29.4 Å². The lowest BCUT2D eigenvalue weighted by Gasteiger charge is -2.27. The Balaban J connectivity index is 2.41. The SMILES string of the molecule is CC1CSCC1(O)c1cccc(C#N)c1. The molecule has 78 valence electrons. The fourth-order valence-corrected chi connectivity index (χ4v) is 3.41. The summed E-state index contributed by atoms with van der Waals surface area (Å²) in [6, 6.07) is 9.40. The van der Waals surface area contributed by atoms with Gasteiger partial charge in [0.05, 0.1) is 11.6 Å². The summed E-state index contributed by atoms with van der Waals surface area (Å²) in [6.07, 6.45) is 0. The molecule has 1 heterocycles. The van der Waals surface area contributed by atoms with E-state index in [4.69, 9.17) is 5.26 Å². The van der Waals surface area contributed by atoms with Crippen molar-refractivity contribution in [3.8, 4) is 6.07 Å². The Morgan fingerprint density at radius 2 is 2.40 bits per heavy atom. The van der Waals surface area contributed by atoms with E-state index < -0.39 is 5.60 Å². The first-order chi connectivity index (χ1) is 7.16. The third-order valence-electron chi connectivity index (χ3n) is 3.00. The lowest BCUT2D eigenvalue weighted by molar-refractivity contribution is 0.0234. The Kier molecular flexibility index (Phi) is 2.72. The largest absolute Gasteiger partial charge is 0.384 e. The molecule has 0 amide bonds. The van der Waals surface area contributed by atoms with Crippen molar-refractivity contribution >= 4 is 11.8 Å². The van der Waals surface area contributed by atoms with Crippen LogP contribution in [-0.2, 0) is 5.60 Å². The third kappa shape index (κ3) is 1.75. The van der Waals surface area contributed by atoms with Crippen molar-refractivity contribution in [3.63, 3.8) is 0 Å². The highest BCUT2D eigenvalue weighted by Gasteiger charge is 2.40. The van der Waals surface area contributed by atoms with Crippen LogP contribution in [0.4, 0.5) is 0 Å². The Bertz CT molecular complexity index is 412. The lowest BCUT2D eigenvalue weighted by atomic mass is 9.85. The number of rotatable bonds is 1. The third-order valence-corrected chi connectivity index (χ3v) is 4.38. The molecule has 2 unspecified atom stereocenters. The molecule has 0 bridgehead atoms. The van der Waals surface area contributed by atoms with E-state index in [-0.39, 0.29) is 5.92 Å². The first-order valence-electron chi connectivity index (χ1n) is 4.97. The van der Waals surface area contributed by atoms with Gasteiger partial charge in [-0.15, -0.1) is 0 Å². The van der Waals surface area contributed by atoms with Gasteiger partial charge in [-0.3, -0.25) is 0 Å². The first-order valence-corrected chi connectivity index (χ1v) is 6.13. The van der Waals surface area contributed by atoms with Crippen molar-refractivity contribution in [3.05, 3.63) is 35.4 Å². The second-order valence-electron chi connectivity index (χ2n) is 4.03. The number of nitrogens with zero attached hydrogens (tertiary/aromatic N) is 1.